The smallest absolute Gasteiger partial charge is 0.310 e. The third-order valence-electron chi connectivity index (χ3n) is 4.24. The van der Waals surface area contributed by atoms with Gasteiger partial charge in [0.2, 0.25) is 0 Å². The van der Waals surface area contributed by atoms with Gasteiger partial charge in [-0.3, -0.25) is 14.0 Å². The van der Waals surface area contributed by atoms with Crippen LogP contribution in [0.5, 0.6) is 0 Å². The van der Waals surface area contributed by atoms with Gasteiger partial charge in [0.05, 0.1) is 12.1 Å². The summed E-state index contributed by atoms with van der Waals surface area (Å²) in [5.74, 6) is -0.338. The van der Waals surface area contributed by atoms with Crippen LogP contribution in [0.3, 0.4) is 0 Å². The van der Waals surface area contributed by atoms with Gasteiger partial charge >= 0.3 is 5.97 Å². The van der Waals surface area contributed by atoms with Gasteiger partial charge in [0.25, 0.3) is 5.56 Å². The zero-order valence-corrected chi connectivity index (χ0v) is 14.6. The number of esters is 1. The molecule has 128 valence electrons. The van der Waals surface area contributed by atoms with Gasteiger partial charge in [0.15, 0.2) is 0 Å². The Balaban J connectivity index is 1.71. The number of ether oxygens (including phenoxy) is 1. The van der Waals surface area contributed by atoms with E-state index in [9.17, 15) is 9.59 Å². The molecule has 0 unspecified atom stereocenters. The molecule has 3 rings (SSSR count). The molecular weight excluding hydrogens is 316 g/mol. The highest BCUT2D eigenvalue weighted by Gasteiger charge is 2.09. The Labute approximate surface area is 145 Å². The number of aryl methyl sites for hydroxylation is 3. The fourth-order valence-electron chi connectivity index (χ4n) is 2.67. The predicted octanol–water partition coefficient (Wildman–Crippen LogP) is 2.91. The summed E-state index contributed by atoms with van der Waals surface area (Å²) >= 11 is 0. The topological polar surface area (TPSA) is 60.7 Å². The molecule has 0 atom stereocenters. The summed E-state index contributed by atoms with van der Waals surface area (Å²) in [4.78, 5) is 28.6. The van der Waals surface area contributed by atoms with Gasteiger partial charge in [-0.2, -0.15) is 0 Å². The van der Waals surface area contributed by atoms with Gasteiger partial charge in [0, 0.05) is 12.3 Å². The molecule has 0 aliphatic carbocycles. The molecule has 1 aromatic carbocycles. The van der Waals surface area contributed by atoms with E-state index in [1.165, 1.54) is 16.0 Å². The molecule has 0 saturated carbocycles. The standard InChI is InChI=1S/C20H20N2O3/c1-13-6-7-16(9-15(13)3)10-19(24)25-12-17-11-18(23)22-8-4-5-14(2)20(22)21-17/h4-9,11H,10,12H2,1-3H3. The monoisotopic (exact) mass is 336 g/mol. The molecule has 25 heavy (non-hydrogen) atoms. The average molecular weight is 336 g/mol. The maximum atomic E-state index is 12.1. The quantitative estimate of drug-likeness (QED) is 0.687. The number of rotatable bonds is 4. The van der Waals surface area contributed by atoms with Crippen molar-refractivity contribution >= 4 is 11.6 Å². The summed E-state index contributed by atoms with van der Waals surface area (Å²) in [6, 6.07) is 11.0. The molecule has 0 N–H and O–H groups in total. The lowest BCUT2D eigenvalue weighted by Crippen LogP contribution is -2.17. The Hall–Kier alpha value is -2.95. The van der Waals surface area contributed by atoms with E-state index < -0.39 is 0 Å². The van der Waals surface area contributed by atoms with Gasteiger partial charge in [-0.05, 0) is 49.1 Å². The lowest BCUT2D eigenvalue weighted by atomic mass is 10.0. The van der Waals surface area contributed by atoms with Crippen molar-refractivity contribution in [3.8, 4) is 0 Å². The van der Waals surface area contributed by atoms with Crippen LogP contribution < -0.4 is 5.56 Å². The first-order chi connectivity index (χ1) is 11.9. The second-order valence-corrected chi connectivity index (χ2v) is 6.23. The Bertz CT molecular complexity index is 1010. The van der Waals surface area contributed by atoms with Crippen molar-refractivity contribution in [3.05, 3.63) is 80.9 Å². The maximum Gasteiger partial charge on any atom is 0.310 e. The zero-order valence-electron chi connectivity index (χ0n) is 14.6. The average Bonchev–Trinajstić information content (AvgIpc) is 2.57. The van der Waals surface area contributed by atoms with Crippen molar-refractivity contribution < 1.29 is 9.53 Å². The van der Waals surface area contributed by atoms with Crippen molar-refractivity contribution in [2.75, 3.05) is 0 Å². The first kappa shape index (κ1) is 16.9. The van der Waals surface area contributed by atoms with E-state index in [0.717, 1.165) is 16.7 Å². The number of aromatic nitrogens is 2. The molecule has 0 spiro atoms. The van der Waals surface area contributed by atoms with E-state index in [0.29, 0.717) is 11.3 Å². The highest BCUT2D eigenvalue weighted by Crippen LogP contribution is 2.11. The first-order valence-electron chi connectivity index (χ1n) is 8.14. The molecule has 0 radical (unpaired) electrons. The van der Waals surface area contributed by atoms with Crippen LogP contribution in [0.25, 0.3) is 5.65 Å². The molecule has 0 saturated heterocycles. The van der Waals surface area contributed by atoms with Gasteiger partial charge in [-0.15, -0.1) is 0 Å². The molecule has 0 aliphatic rings. The van der Waals surface area contributed by atoms with E-state index in [1.807, 2.05) is 45.0 Å². The molecule has 2 heterocycles. The summed E-state index contributed by atoms with van der Waals surface area (Å²) in [7, 11) is 0. The minimum absolute atomic E-state index is 0.0102. The van der Waals surface area contributed by atoms with Gasteiger partial charge in [-0.1, -0.05) is 24.3 Å². The number of nitrogens with zero attached hydrogens (tertiary/aromatic N) is 2. The highest BCUT2D eigenvalue weighted by atomic mass is 16.5. The van der Waals surface area contributed by atoms with Crippen molar-refractivity contribution in [2.45, 2.75) is 33.8 Å². The molecule has 2 aromatic heterocycles. The molecule has 5 heteroatoms. The van der Waals surface area contributed by atoms with Crippen LogP contribution in [-0.2, 0) is 22.6 Å². The third-order valence-corrected chi connectivity index (χ3v) is 4.24. The van der Waals surface area contributed by atoms with Gasteiger partial charge in [-0.25, -0.2) is 4.98 Å². The van der Waals surface area contributed by atoms with Crippen molar-refractivity contribution in [1.82, 2.24) is 9.38 Å². The van der Waals surface area contributed by atoms with Gasteiger partial charge < -0.3 is 4.74 Å². The third kappa shape index (κ3) is 3.76. The van der Waals surface area contributed by atoms with E-state index in [1.54, 1.807) is 12.3 Å². The summed E-state index contributed by atoms with van der Waals surface area (Å²) in [5.41, 5.74) is 4.98. The van der Waals surface area contributed by atoms with E-state index in [-0.39, 0.29) is 24.6 Å². The van der Waals surface area contributed by atoms with Crippen molar-refractivity contribution in [2.24, 2.45) is 0 Å². The number of carbonyl (C=O) groups is 1. The molecule has 0 bridgehead atoms. The number of fused-ring (bicyclic) bond motifs is 1. The second kappa shape index (κ2) is 6.89. The SMILES string of the molecule is Cc1ccc(CC(=O)OCc2cc(=O)n3cccc(C)c3n2)cc1C. The fourth-order valence-corrected chi connectivity index (χ4v) is 2.67. The number of hydrogen-bond donors (Lipinski definition) is 0. The first-order valence-corrected chi connectivity index (χ1v) is 8.14. The lowest BCUT2D eigenvalue weighted by molar-refractivity contribution is -0.144. The Morgan fingerprint density at radius 1 is 1.08 bits per heavy atom. The largest absolute Gasteiger partial charge is 0.459 e. The van der Waals surface area contributed by atoms with Crippen LogP contribution in [-0.4, -0.2) is 15.4 Å². The molecule has 5 nitrogen and oxygen atoms in total. The van der Waals surface area contributed by atoms with E-state index in [4.69, 9.17) is 4.74 Å². The second-order valence-electron chi connectivity index (χ2n) is 6.23. The summed E-state index contributed by atoms with van der Waals surface area (Å²) in [6.45, 7) is 5.92. The summed E-state index contributed by atoms with van der Waals surface area (Å²) in [6.07, 6.45) is 1.87. The van der Waals surface area contributed by atoms with Crippen LogP contribution in [0.2, 0.25) is 0 Å². The fraction of sp³-hybridized carbons (Fsp3) is 0.250. The van der Waals surface area contributed by atoms with E-state index in [2.05, 4.69) is 4.98 Å². The molecular formula is C20H20N2O3. The zero-order chi connectivity index (χ0) is 18.0. The van der Waals surface area contributed by atoms with Crippen LogP contribution in [0.15, 0.2) is 47.4 Å². The molecule has 3 aromatic rings. The molecule has 0 amide bonds. The summed E-state index contributed by atoms with van der Waals surface area (Å²) < 4.78 is 6.78. The van der Waals surface area contributed by atoms with Crippen LogP contribution in [0, 0.1) is 20.8 Å². The van der Waals surface area contributed by atoms with Crippen molar-refractivity contribution in [1.29, 1.82) is 0 Å². The minimum atomic E-state index is -0.338. The number of carbonyl (C=O) groups excluding carboxylic acids is 1. The van der Waals surface area contributed by atoms with Crippen LogP contribution >= 0.6 is 0 Å². The maximum absolute atomic E-state index is 12.1. The number of pyridine rings is 1. The molecule has 0 aliphatic heterocycles. The molecule has 0 fully saturated rings. The minimum Gasteiger partial charge on any atom is -0.459 e. The van der Waals surface area contributed by atoms with Crippen LogP contribution in [0.1, 0.15) is 27.9 Å². The normalized spacial score (nSPS) is 10.8. The highest BCUT2D eigenvalue weighted by molar-refractivity contribution is 5.72. The Kier molecular flexibility index (Phi) is 4.65. The number of hydrogen-bond acceptors (Lipinski definition) is 4. The van der Waals surface area contributed by atoms with Crippen LogP contribution in [0.4, 0.5) is 0 Å². The summed E-state index contributed by atoms with van der Waals surface area (Å²) in [5, 5.41) is 0. The van der Waals surface area contributed by atoms with Crippen molar-refractivity contribution in [3.63, 3.8) is 0 Å². The van der Waals surface area contributed by atoms with Gasteiger partial charge in [0.1, 0.15) is 12.3 Å². The predicted molar refractivity (Wildman–Crippen MR) is 95.6 cm³/mol. The number of benzene rings is 1. The Morgan fingerprint density at radius 2 is 1.88 bits per heavy atom. The van der Waals surface area contributed by atoms with E-state index >= 15 is 0 Å². The Morgan fingerprint density at radius 3 is 2.64 bits per heavy atom. The lowest BCUT2D eigenvalue weighted by Gasteiger charge is -2.08.